The number of amides is 2. The van der Waals surface area contributed by atoms with Crippen LogP contribution < -0.4 is 5.32 Å². The van der Waals surface area contributed by atoms with Gasteiger partial charge in [0.05, 0.1) is 19.1 Å². The van der Waals surface area contributed by atoms with Gasteiger partial charge in [-0.1, -0.05) is 41.6 Å². The lowest BCUT2D eigenvalue weighted by atomic mass is 10.1. The maximum atomic E-state index is 12.6. The minimum atomic E-state index is -0.0974. The molecule has 1 fully saturated rings. The number of carbonyl (C=O) groups excluding carboxylic acids is 1. The van der Waals surface area contributed by atoms with Crippen molar-refractivity contribution in [3.63, 3.8) is 0 Å². The van der Waals surface area contributed by atoms with Crippen molar-refractivity contribution < 1.29 is 14.1 Å². The van der Waals surface area contributed by atoms with E-state index in [4.69, 9.17) is 9.26 Å². The number of carbonyl (C=O) groups is 1. The number of rotatable bonds is 7. The van der Waals surface area contributed by atoms with Crippen molar-refractivity contribution in [1.29, 1.82) is 0 Å². The normalized spacial score (nSPS) is 15.9. The average Bonchev–Trinajstić information content (AvgIpc) is 3.44. The van der Waals surface area contributed by atoms with E-state index >= 15 is 0 Å². The summed E-state index contributed by atoms with van der Waals surface area (Å²) in [5.41, 5.74) is 4.31. The molecule has 31 heavy (non-hydrogen) atoms. The lowest BCUT2D eigenvalue weighted by molar-refractivity contribution is 0.122. The van der Waals surface area contributed by atoms with Crippen molar-refractivity contribution in [3.05, 3.63) is 76.9 Å². The lowest BCUT2D eigenvalue weighted by Crippen LogP contribution is -2.32. The summed E-state index contributed by atoms with van der Waals surface area (Å²) in [6.45, 7) is 6.43. The molecule has 2 aromatic carbocycles. The van der Waals surface area contributed by atoms with Gasteiger partial charge in [-0.2, -0.15) is 4.98 Å². The summed E-state index contributed by atoms with van der Waals surface area (Å²) in [5.74, 6) is 1.30. The van der Waals surface area contributed by atoms with Crippen LogP contribution in [-0.4, -0.2) is 40.8 Å². The molecule has 2 amide bonds. The van der Waals surface area contributed by atoms with Crippen LogP contribution >= 0.6 is 0 Å². The van der Waals surface area contributed by atoms with Crippen LogP contribution in [0.2, 0.25) is 0 Å². The summed E-state index contributed by atoms with van der Waals surface area (Å²) in [4.78, 5) is 18.9. The van der Waals surface area contributed by atoms with E-state index < -0.39 is 0 Å². The highest BCUT2D eigenvalue weighted by Crippen LogP contribution is 2.26. The molecule has 0 radical (unpaired) electrons. The van der Waals surface area contributed by atoms with Gasteiger partial charge in [0.25, 0.3) is 0 Å². The van der Waals surface area contributed by atoms with Gasteiger partial charge in [-0.05, 0) is 49.1 Å². The summed E-state index contributed by atoms with van der Waals surface area (Å²) < 4.78 is 11.2. The summed E-state index contributed by atoms with van der Waals surface area (Å²) in [6.07, 6.45) is 1.41. The van der Waals surface area contributed by atoms with Gasteiger partial charge in [-0.3, -0.25) is 0 Å². The van der Waals surface area contributed by atoms with Gasteiger partial charge >= 0.3 is 6.03 Å². The Morgan fingerprint density at radius 3 is 2.84 bits per heavy atom. The third kappa shape index (κ3) is 5.49. The SMILES string of the molecule is Cc1ccc(NC(=O)N2CCC(c3nc(CCOCc4ccccc4)no3)C2)cc1C. The predicted octanol–water partition coefficient (Wildman–Crippen LogP) is 4.47. The van der Waals surface area contributed by atoms with Crippen LogP contribution in [0.5, 0.6) is 0 Å². The first-order chi connectivity index (χ1) is 15.1. The second-order valence-corrected chi connectivity index (χ2v) is 8.00. The third-order valence-corrected chi connectivity index (χ3v) is 5.65. The van der Waals surface area contributed by atoms with Gasteiger partial charge in [0.15, 0.2) is 5.82 Å². The van der Waals surface area contributed by atoms with Crippen molar-refractivity contribution in [2.75, 3.05) is 25.0 Å². The van der Waals surface area contributed by atoms with Gasteiger partial charge in [-0.15, -0.1) is 0 Å². The van der Waals surface area contributed by atoms with E-state index in [1.165, 1.54) is 5.56 Å². The Bertz CT molecular complexity index is 1020. The molecule has 0 bridgehead atoms. The maximum absolute atomic E-state index is 12.6. The number of aromatic nitrogens is 2. The zero-order valence-corrected chi connectivity index (χ0v) is 18.0. The fraction of sp³-hybridized carbons (Fsp3) is 0.375. The third-order valence-electron chi connectivity index (χ3n) is 5.65. The Labute approximate surface area is 182 Å². The van der Waals surface area contributed by atoms with Crippen LogP contribution in [0.1, 0.15) is 40.7 Å². The van der Waals surface area contributed by atoms with E-state index in [0.29, 0.717) is 44.4 Å². The first-order valence-corrected chi connectivity index (χ1v) is 10.7. The van der Waals surface area contributed by atoms with E-state index in [2.05, 4.69) is 22.4 Å². The van der Waals surface area contributed by atoms with Crippen LogP contribution in [0.3, 0.4) is 0 Å². The highest BCUT2D eigenvalue weighted by Gasteiger charge is 2.31. The minimum absolute atomic E-state index is 0.0667. The monoisotopic (exact) mass is 420 g/mol. The number of anilines is 1. The summed E-state index contributed by atoms with van der Waals surface area (Å²) in [5, 5.41) is 7.06. The van der Waals surface area contributed by atoms with Crippen molar-refractivity contribution >= 4 is 11.7 Å². The number of aryl methyl sites for hydroxylation is 2. The van der Waals surface area contributed by atoms with Gasteiger partial charge < -0.3 is 19.5 Å². The average molecular weight is 421 g/mol. The molecule has 1 aromatic heterocycles. The molecule has 0 aliphatic carbocycles. The van der Waals surface area contributed by atoms with E-state index in [1.54, 1.807) is 4.90 Å². The van der Waals surface area contributed by atoms with Crippen LogP contribution in [0, 0.1) is 13.8 Å². The standard InChI is InChI=1S/C24H28N4O3/c1-17-8-9-21(14-18(17)2)25-24(29)28-12-10-20(15-28)23-26-22(27-31-23)11-13-30-16-19-6-4-3-5-7-19/h3-9,14,20H,10-13,15-16H2,1-2H3,(H,25,29). The fourth-order valence-electron chi connectivity index (χ4n) is 3.63. The number of hydrogen-bond acceptors (Lipinski definition) is 5. The molecule has 1 unspecified atom stereocenters. The largest absolute Gasteiger partial charge is 0.376 e. The number of benzene rings is 2. The van der Waals surface area contributed by atoms with Crippen LogP contribution in [0.25, 0.3) is 0 Å². The number of ether oxygens (including phenoxy) is 1. The Morgan fingerprint density at radius 2 is 2.03 bits per heavy atom. The molecular weight excluding hydrogens is 392 g/mol. The molecule has 2 heterocycles. The molecule has 1 atom stereocenters. The van der Waals surface area contributed by atoms with Gasteiger partial charge in [0, 0.05) is 25.2 Å². The van der Waals surface area contributed by atoms with E-state index in [0.717, 1.165) is 23.2 Å². The highest BCUT2D eigenvalue weighted by atomic mass is 16.5. The van der Waals surface area contributed by atoms with Gasteiger partial charge in [-0.25, -0.2) is 4.79 Å². The van der Waals surface area contributed by atoms with Crippen molar-refractivity contribution in [2.45, 2.75) is 39.2 Å². The van der Waals surface area contributed by atoms with Crippen LogP contribution in [0.4, 0.5) is 10.5 Å². The molecule has 0 spiro atoms. The number of nitrogens with one attached hydrogen (secondary N) is 1. The first-order valence-electron chi connectivity index (χ1n) is 10.7. The number of likely N-dealkylation sites (tertiary alicyclic amines) is 1. The Hall–Kier alpha value is -3.19. The topological polar surface area (TPSA) is 80.5 Å². The highest BCUT2D eigenvalue weighted by molar-refractivity contribution is 5.89. The molecule has 1 N–H and O–H groups in total. The van der Waals surface area contributed by atoms with Gasteiger partial charge in [0.2, 0.25) is 5.89 Å². The minimum Gasteiger partial charge on any atom is -0.376 e. The molecule has 7 nitrogen and oxygen atoms in total. The van der Waals surface area contributed by atoms with Crippen LogP contribution in [0.15, 0.2) is 53.1 Å². The van der Waals surface area contributed by atoms with Gasteiger partial charge in [0.1, 0.15) is 0 Å². The molecule has 4 rings (SSSR count). The zero-order valence-electron chi connectivity index (χ0n) is 18.0. The van der Waals surface area contributed by atoms with Crippen molar-refractivity contribution in [1.82, 2.24) is 15.0 Å². The Kier molecular flexibility index (Phi) is 6.62. The first kappa shape index (κ1) is 21.1. The molecule has 7 heteroatoms. The lowest BCUT2D eigenvalue weighted by Gasteiger charge is -2.17. The number of hydrogen-bond donors (Lipinski definition) is 1. The summed E-state index contributed by atoms with van der Waals surface area (Å²) in [7, 11) is 0. The Balaban J connectivity index is 1.24. The Morgan fingerprint density at radius 1 is 1.19 bits per heavy atom. The van der Waals surface area contributed by atoms with Crippen molar-refractivity contribution in [3.8, 4) is 0 Å². The van der Waals surface area contributed by atoms with Crippen LogP contribution in [-0.2, 0) is 17.8 Å². The zero-order chi connectivity index (χ0) is 21.6. The summed E-state index contributed by atoms with van der Waals surface area (Å²) in [6, 6.07) is 15.9. The summed E-state index contributed by atoms with van der Waals surface area (Å²) >= 11 is 0. The predicted molar refractivity (Wildman–Crippen MR) is 118 cm³/mol. The number of urea groups is 1. The second kappa shape index (κ2) is 9.75. The maximum Gasteiger partial charge on any atom is 0.321 e. The van der Waals surface area contributed by atoms with E-state index in [1.807, 2.05) is 55.5 Å². The smallest absolute Gasteiger partial charge is 0.321 e. The molecule has 162 valence electrons. The quantitative estimate of drug-likeness (QED) is 0.571. The molecule has 1 aliphatic rings. The van der Waals surface area contributed by atoms with Crippen molar-refractivity contribution in [2.24, 2.45) is 0 Å². The molecule has 1 aliphatic heterocycles. The molecule has 0 saturated carbocycles. The van der Waals surface area contributed by atoms with E-state index in [-0.39, 0.29) is 11.9 Å². The fourth-order valence-corrected chi connectivity index (χ4v) is 3.63. The second-order valence-electron chi connectivity index (χ2n) is 8.00. The molecule has 3 aromatic rings. The van der Waals surface area contributed by atoms with E-state index in [9.17, 15) is 4.79 Å². The number of nitrogens with zero attached hydrogens (tertiary/aromatic N) is 3. The molecular formula is C24H28N4O3. The molecule has 1 saturated heterocycles.